The Balaban J connectivity index is 1.80. The summed E-state index contributed by atoms with van der Waals surface area (Å²) in [5.74, 6) is 0. The molecule has 1 aliphatic heterocycles. The van der Waals surface area contributed by atoms with Gasteiger partial charge in [0.2, 0.25) is 0 Å². The summed E-state index contributed by atoms with van der Waals surface area (Å²) in [5.41, 5.74) is 1.37. The predicted molar refractivity (Wildman–Crippen MR) is 94.5 cm³/mol. The van der Waals surface area contributed by atoms with E-state index in [0.29, 0.717) is 19.2 Å². The minimum Gasteiger partial charge on any atom is -0.389 e. The van der Waals surface area contributed by atoms with E-state index in [4.69, 9.17) is 4.74 Å². The second kappa shape index (κ2) is 9.38. The zero-order valence-corrected chi connectivity index (χ0v) is 14.8. The average Bonchev–Trinajstić information content (AvgIpc) is 2.70. The minimum atomic E-state index is -0.395. The SMILES string of the molecule is CC(C)OCC(O)CN1CCC(C)N(Cc2ccccc2)CC1. The van der Waals surface area contributed by atoms with Gasteiger partial charge in [-0.1, -0.05) is 30.3 Å². The van der Waals surface area contributed by atoms with Crippen LogP contribution in [0.4, 0.5) is 0 Å². The molecule has 0 spiro atoms. The van der Waals surface area contributed by atoms with Gasteiger partial charge in [-0.2, -0.15) is 0 Å². The van der Waals surface area contributed by atoms with Gasteiger partial charge >= 0.3 is 0 Å². The van der Waals surface area contributed by atoms with Gasteiger partial charge in [-0.05, 0) is 39.3 Å². The molecule has 4 nitrogen and oxygen atoms in total. The van der Waals surface area contributed by atoms with Gasteiger partial charge in [-0.15, -0.1) is 0 Å². The molecule has 1 aliphatic rings. The third-order valence-electron chi connectivity index (χ3n) is 4.51. The molecule has 1 fully saturated rings. The molecule has 0 radical (unpaired) electrons. The van der Waals surface area contributed by atoms with Crippen molar-refractivity contribution >= 4 is 0 Å². The van der Waals surface area contributed by atoms with Crippen molar-refractivity contribution < 1.29 is 9.84 Å². The van der Waals surface area contributed by atoms with Crippen LogP contribution in [0, 0.1) is 0 Å². The van der Waals surface area contributed by atoms with Gasteiger partial charge in [-0.25, -0.2) is 0 Å². The van der Waals surface area contributed by atoms with Crippen LogP contribution in [0.25, 0.3) is 0 Å². The maximum atomic E-state index is 10.1. The highest BCUT2D eigenvalue weighted by atomic mass is 16.5. The van der Waals surface area contributed by atoms with Crippen LogP contribution < -0.4 is 0 Å². The van der Waals surface area contributed by atoms with Crippen LogP contribution in [0.5, 0.6) is 0 Å². The van der Waals surface area contributed by atoms with Gasteiger partial charge in [0.25, 0.3) is 0 Å². The third kappa shape index (κ3) is 6.60. The fourth-order valence-electron chi connectivity index (χ4n) is 3.04. The van der Waals surface area contributed by atoms with Gasteiger partial charge in [0.1, 0.15) is 0 Å². The van der Waals surface area contributed by atoms with Crippen LogP contribution in [-0.4, -0.2) is 65.9 Å². The zero-order chi connectivity index (χ0) is 16.7. The first-order valence-electron chi connectivity index (χ1n) is 8.84. The average molecular weight is 320 g/mol. The summed E-state index contributed by atoms with van der Waals surface area (Å²) < 4.78 is 5.51. The Hall–Kier alpha value is -0.940. The minimum absolute atomic E-state index is 0.176. The lowest BCUT2D eigenvalue weighted by Gasteiger charge is -2.26. The Morgan fingerprint density at radius 1 is 1.17 bits per heavy atom. The molecule has 0 saturated carbocycles. The summed E-state index contributed by atoms with van der Waals surface area (Å²) in [6.45, 7) is 11.6. The van der Waals surface area contributed by atoms with Crippen LogP contribution in [0.15, 0.2) is 30.3 Å². The summed E-state index contributed by atoms with van der Waals surface area (Å²) in [4.78, 5) is 4.92. The quantitative estimate of drug-likeness (QED) is 0.837. The normalized spacial score (nSPS) is 22.2. The first kappa shape index (κ1) is 18.4. The first-order chi connectivity index (χ1) is 11.0. The molecule has 1 aromatic carbocycles. The molecule has 2 atom stereocenters. The Labute approximate surface area is 141 Å². The number of β-amino-alcohol motifs (C(OH)–C–C–N with tert-alkyl or cyclic N) is 1. The molecule has 1 aromatic rings. The van der Waals surface area contributed by atoms with Crippen molar-refractivity contribution in [2.24, 2.45) is 0 Å². The number of nitrogens with zero attached hydrogens (tertiary/aromatic N) is 2. The first-order valence-corrected chi connectivity index (χ1v) is 8.84. The van der Waals surface area contributed by atoms with Crippen molar-refractivity contribution in [1.29, 1.82) is 0 Å². The van der Waals surface area contributed by atoms with E-state index in [1.807, 2.05) is 13.8 Å². The fraction of sp³-hybridized carbons (Fsp3) is 0.684. The maximum absolute atomic E-state index is 10.1. The lowest BCUT2D eigenvalue weighted by atomic mass is 10.1. The number of ether oxygens (including phenoxy) is 1. The maximum Gasteiger partial charge on any atom is 0.0900 e. The van der Waals surface area contributed by atoms with Crippen LogP contribution in [0.2, 0.25) is 0 Å². The molecule has 0 aliphatic carbocycles. The fourth-order valence-corrected chi connectivity index (χ4v) is 3.04. The highest BCUT2D eigenvalue weighted by Crippen LogP contribution is 2.15. The van der Waals surface area contributed by atoms with Crippen molar-refractivity contribution in [2.45, 2.75) is 52.0 Å². The second-order valence-electron chi connectivity index (χ2n) is 6.93. The Morgan fingerprint density at radius 3 is 2.61 bits per heavy atom. The smallest absolute Gasteiger partial charge is 0.0900 e. The summed E-state index contributed by atoms with van der Waals surface area (Å²) in [6.07, 6.45) is 0.925. The van der Waals surface area contributed by atoms with Gasteiger partial charge in [0, 0.05) is 32.2 Å². The number of rotatable bonds is 7. The summed E-state index contributed by atoms with van der Waals surface area (Å²) >= 11 is 0. The number of aliphatic hydroxyl groups excluding tert-OH is 1. The van der Waals surface area contributed by atoms with Crippen molar-refractivity contribution in [3.05, 3.63) is 35.9 Å². The molecule has 4 heteroatoms. The van der Waals surface area contributed by atoms with E-state index in [1.54, 1.807) is 0 Å². The van der Waals surface area contributed by atoms with Gasteiger partial charge in [0.05, 0.1) is 18.8 Å². The number of hydrogen-bond donors (Lipinski definition) is 1. The molecule has 1 N–H and O–H groups in total. The summed E-state index contributed by atoms with van der Waals surface area (Å²) in [5, 5.41) is 10.1. The van der Waals surface area contributed by atoms with Gasteiger partial charge in [-0.3, -0.25) is 9.80 Å². The largest absolute Gasteiger partial charge is 0.389 e. The van der Waals surface area contributed by atoms with Crippen molar-refractivity contribution in [3.63, 3.8) is 0 Å². The molecule has 0 amide bonds. The molecule has 0 bridgehead atoms. The van der Waals surface area contributed by atoms with Crippen LogP contribution in [0.1, 0.15) is 32.8 Å². The molecule has 23 heavy (non-hydrogen) atoms. The molecule has 1 saturated heterocycles. The molecule has 2 unspecified atom stereocenters. The summed E-state index contributed by atoms with van der Waals surface area (Å²) in [6, 6.07) is 11.2. The van der Waals surface area contributed by atoms with E-state index >= 15 is 0 Å². The molecular formula is C19H32N2O2. The van der Waals surface area contributed by atoms with Crippen LogP contribution in [0.3, 0.4) is 0 Å². The second-order valence-corrected chi connectivity index (χ2v) is 6.93. The topological polar surface area (TPSA) is 35.9 Å². The molecule has 1 heterocycles. The molecule has 0 aromatic heterocycles. The van der Waals surface area contributed by atoms with E-state index in [9.17, 15) is 5.11 Å². The van der Waals surface area contributed by atoms with Gasteiger partial charge < -0.3 is 9.84 Å². The van der Waals surface area contributed by atoms with Crippen molar-refractivity contribution in [1.82, 2.24) is 9.80 Å². The van der Waals surface area contributed by atoms with Crippen LogP contribution >= 0.6 is 0 Å². The van der Waals surface area contributed by atoms with E-state index < -0.39 is 6.10 Å². The highest BCUT2D eigenvalue weighted by Gasteiger charge is 2.22. The standard InChI is InChI=1S/C19H32N2O2/c1-16(2)23-15-19(22)14-20-10-9-17(3)21(12-11-20)13-18-7-5-4-6-8-18/h4-8,16-17,19,22H,9-15H2,1-3H3. The lowest BCUT2D eigenvalue weighted by molar-refractivity contribution is -0.00799. The molecular weight excluding hydrogens is 288 g/mol. The third-order valence-corrected chi connectivity index (χ3v) is 4.51. The Bertz CT molecular complexity index is 438. The van der Waals surface area contributed by atoms with E-state index in [-0.39, 0.29) is 6.10 Å². The van der Waals surface area contributed by atoms with E-state index in [1.165, 1.54) is 5.56 Å². The molecule has 2 rings (SSSR count). The number of aliphatic hydroxyl groups is 1. The summed E-state index contributed by atoms with van der Waals surface area (Å²) in [7, 11) is 0. The Morgan fingerprint density at radius 2 is 1.91 bits per heavy atom. The lowest BCUT2D eigenvalue weighted by Crippen LogP contribution is -2.38. The van der Waals surface area contributed by atoms with Gasteiger partial charge in [0.15, 0.2) is 0 Å². The number of hydrogen-bond acceptors (Lipinski definition) is 4. The van der Waals surface area contributed by atoms with Crippen LogP contribution in [-0.2, 0) is 11.3 Å². The van der Waals surface area contributed by atoms with E-state index in [2.05, 4.69) is 47.1 Å². The monoisotopic (exact) mass is 320 g/mol. The van der Waals surface area contributed by atoms with Crippen molar-refractivity contribution in [2.75, 3.05) is 32.8 Å². The number of benzene rings is 1. The predicted octanol–water partition coefficient (Wildman–Crippen LogP) is 2.37. The van der Waals surface area contributed by atoms with E-state index in [0.717, 1.165) is 32.6 Å². The Kier molecular flexibility index (Phi) is 7.50. The zero-order valence-electron chi connectivity index (χ0n) is 14.8. The molecule has 130 valence electrons. The van der Waals surface area contributed by atoms with Crippen molar-refractivity contribution in [3.8, 4) is 0 Å². The highest BCUT2D eigenvalue weighted by molar-refractivity contribution is 5.14.